The van der Waals surface area contributed by atoms with Crippen LogP contribution in [0.15, 0.2) is 13.7 Å². The average Bonchev–Trinajstić information content (AvgIpc) is 2.90. The molecule has 25 heavy (non-hydrogen) atoms. The molecule has 0 N–H and O–H groups in total. The zero-order valence-electron chi connectivity index (χ0n) is 14.7. The number of hydrogen-bond acceptors (Lipinski definition) is 2. The van der Waals surface area contributed by atoms with E-state index in [1.807, 2.05) is 6.92 Å². The highest BCUT2D eigenvalue weighted by atomic mass is 79.9. The molecule has 1 atom stereocenters. The fourth-order valence-electron chi connectivity index (χ4n) is 4.32. The van der Waals surface area contributed by atoms with Gasteiger partial charge in [-0.05, 0) is 80.4 Å². The van der Waals surface area contributed by atoms with Crippen LogP contribution < -0.4 is 0 Å². The van der Waals surface area contributed by atoms with Crippen LogP contribution >= 0.6 is 47.8 Å². The van der Waals surface area contributed by atoms with Gasteiger partial charge in [-0.2, -0.15) is 5.10 Å². The summed E-state index contributed by atoms with van der Waals surface area (Å²) in [4.78, 5) is 15.8. The number of nitrogens with zero attached hydrogens (tertiary/aromatic N) is 3. The van der Waals surface area contributed by atoms with Crippen LogP contribution in [-0.4, -0.2) is 32.7 Å². The fraction of sp³-hybridized carbons (Fsp3) is 0.778. The van der Waals surface area contributed by atoms with E-state index in [1.165, 1.54) is 38.5 Å². The molecule has 1 aromatic heterocycles. The molecule has 2 aliphatic carbocycles. The number of rotatable bonds is 4. The average molecular weight is 540 g/mol. The summed E-state index contributed by atoms with van der Waals surface area (Å²) in [6.07, 6.45) is 12.2. The van der Waals surface area contributed by atoms with Gasteiger partial charge in [0.05, 0.1) is 4.47 Å². The van der Waals surface area contributed by atoms with Crippen molar-refractivity contribution in [3.8, 4) is 0 Å². The Morgan fingerprint density at radius 2 is 1.48 bits per heavy atom. The van der Waals surface area contributed by atoms with E-state index in [0.29, 0.717) is 12.1 Å². The van der Waals surface area contributed by atoms with Gasteiger partial charge in [-0.3, -0.25) is 4.79 Å². The molecule has 2 saturated carbocycles. The van der Waals surface area contributed by atoms with Gasteiger partial charge in [-0.25, -0.2) is 4.68 Å². The molecule has 7 heteroatoms. The predicted molar refractivity (Wildman–Crippen MR) is 111 cm³/mol. The second-order valence-electron chi connectivity index (χ2n) is 7.35. The third kappa shape index (κ3) is 4.34. The van der Waals surface area contributed by atoms with E-state index < -0.39 is 0 Å². The summed E-state index contributed by atoms with van der Waals surface area (Å²) in [5, 5.41) is 4.50. The fourth-order valence-corrected chi connectivity index (χ4v) is 5.78. The lowest BCUT2D eigenvalue weighted by Crippen LogP contribution is -2.51. The molecule has 1 unspecified atom stereocenters. The standard InChI is InChI=1S/C18H26Br3N3O/c1-12(24-17(21)15(19)16(20)22-24)18(25)23(13-8-4-2-5-9-13)14-10-6-3-7-11-14/h12-14H,2-11H2,1H3. The number of carbonyl (C=O) groups excluding carboxylic acids is 1. The van der Waals surface area contributed by atoms with Crippen molar-refractivity contribution in [2.45, 2.75) is 89.3 Å². The molecular formula is C18H26Br3N3O. The summed E-state index contributed by atoms with van der Waals surface area (Å²) in [6.45, 7) is 1.97. The van der Waals surface area contributed by atoms with Gasteiger partial charge in [-0.1, -0.05) is 38.5 Å². The van der Waals surface area contributed by atoms with Crippen molar-refractivity contribution < 1.29 is 4.79 Å². The highest BCUT2D eigenvalue weighted by Crippen LogP contribution is 2.35. The highest BCUT2D eigenvalue weighted by Gasteiger charge is 2.36. The molecule has 2 fully saturated rings. The number of carbonyl (C=O) groups is 1. The first-order chi connectivity index (χ1) is 12.0. The molecule has 0 saturated heterocycles. The zero-order valence-corrected chi connectivity index (χ0v) is 19.4. The van der Waals surface area contributed by atoms with Crippen LogP contribution in [0.25, 0.3) is 0 Å². The second kappa shape index (κ2) is 8.87. The molecule has 1 heterocycles. The largest absolute Gasteiger partial charge is 0.335 e. The Balaban J connectivity index is 1.85. The topological polar surface area (TPSA) is 38.1 Å². The summed E-state index contributed by atoms with van der Waals surface area (Å²) in [7, 11) is 0. The van der Waals surface area contributed by atoms with Gasteiger partial charge >= 0.3 is 0 Å². The second-order valence-corrected chi connectivity index (χ2v) is 9.64. The summed E-state index contributed by atoms with van der Waals surface area (Å²) in [5.41, 5.74) is 0. The number of amides is 1. The van der Waals surface area contributed by atoms with Gasteiger partial charge in [0.2, 0.25) is 5.91 Å². The van der Waals surface area contributed by atoms with Crippen molar-refractivity contribution in [1.82, 2.24) is 14.7 Å². The Kier molecular flexibility index (Phi) is 7.05. The quantitative estimate of drug-likeness (QED) is 0.455. The molecule has 140 valence electrons. The van der Waals surface area contributed by atoms with Crippen LogP contribution in [0.1, 0.15) is 77.2 Å². The Bertz CT molecular complexity index is 589. The normalized spacial score (nSPS) is 21.3. The summed E-state index contributed by atoms with van der Waals surface area (Å²) >= 11 is 10.5. The van der Waals surface area contributed by atoms with Crippen molar-refractivity contribution in [2.24, 2.45) is 0 Å². The van der Waals surface area contributed by atoms with E-state index in [4.69, 9.17) is 0 Å². The van der Waals surface area contributed by atoms with Crippen LogP contribution in [-0.2, 0) is 4.79 Å². The third-order valence-corrected chi connectivity index (χ3v) is 8.80. The van der Waals surface area contributed by atoms with Crippen LogP contribution in [0.4, 0.5) is 0 Å². The van der Waals surface area contributed by atoms with E-state index >= 15 is 0 Å². The Morgan fingerprint density at radius 1 is 1.00 bits per heavy atom. The third-order valence-electron chi connectivity index (χ3n) is 5.67. The molecule has 0 aliphatic heterocycles. The van der Waals surface area contributed by atoms with Crippen molar-refractivity contribution in [2.75, 3.05) is 0 Å². The van der Waals surface area contributed by atoms with Gasteiger partial charge in [-0.15, -0.1) is 0 Å². The Hall–Kier alpha value is 0.120. The maximum atomic E-state index is 13.5. The molecular weight excluding hydrogens is 514 g/mol. The molecule has 0 radical (unpaired) electrons. The van der Waals surface area contributed by atoms with Crippen molar-refractivity contribution in [3.05, 3.63) is 13.7 Å². The van der Waals surface area contributed by atoms with Gasteiger partial charge in [0.15, 0.2) is 0 Å². The van der Waals surface area contributed by atoms with Crippen LogP contribution in [0, 0.1) is 0 Å². The number of halogens is 3. The van der Waals surface area contributed by atoms with Gasteiger partial charge in [0.1, 0.15) is 15.2 Å². The smallest absolute Gasteiger partial charge is 0.247 e. The maximum Gasteiger partial charge on any atom is 0.247 e. The Labute approximate surface area is 175 Å². The Morgan fingerprint density at radius 3 is 1.88 bits per heavy atom. The molecule has 1 amide bonds. The molecule has 0 bridgehead atoms. The SMILES string of the molecule is CC(C(=O)N(C1CCCCC1)C1CCCCC1)n1nc(Br)c(Br)c1Br. The molecule has 1 aromatic rings. The minimum absolute atomic E-state index is 0.224. The lowest BCUT2D eigenvalue weighted by Gasteiger charge is -2.43. The van der Waals surface area contributed by atoms with Gasteiger partial charge < -0.3 is 4.90 Å². The lowest BCUT2D eigenvalue weighted by molar-refractivity contribution is -0.141. The maximum absolute atomic E-state index is 13.5. The molecule has 3 rings (SSSR count). The molecule has 0 spiro atoms. The van der Waals surface area contributed by atoms with Crippen LogP contribution in [0.5, 0.6) is 0 Å². The summed E-state index contributed by atoms with van der Waals surface area (Å²) < 4.78 is 4.18. The van der Waals surface area contributed by atoms with Gasteiger partial charge in [0.25, 0.3) is 0 Å². The number of aromatic nitrogens is 2. The first kappa shape index (κ1) is 19.9. The minimum Gasteiger partial charge on any atom is -0.335 e. The van der Waals surface area contributed by atoms with Crippen LogP contribution in [0.2, 0.25) is 0 Å². The summed E-state index contributed by atoms with van der Waals surface area (Å²) in [5.74, 6) is 0.224. The van der Waals surface area contributed by atoms with Crippen molar-refractivity contribution in [3.63, 3.8) is 0 Å². The lowest BCUT2D eigenvalue weighted by atomic mass is 9.88. The van der Waals surface area contributed by atoms with Crippen molar-refractivity contribution >= 4 is 53.7 Å². The van der Waals surface area contributed by atoms with E-state index in [1.54, 1.807) is 4.68 Å². The van der Waals surface area contributed by atoms with E-state index in [2.05, 4.69) is 57.8 Å². The first-order valence-corrected chi connectivity index (χ1v) is 11.8. The monoisotopic (exact) mass is 537 g/mol. The molecule has 2 aliphatic rings. The predicted octanol–water partition coefficient (Wildman–Crippen LogP) is 6.23. The summed E-state index contributed by atoms with van der Waals surface area (Å²) in [6, 6.07) is 0.516. The molecule has 4 nitrogen and oxygen atoms in total. The minimum atomic E-state index is -0.305. The highest BCUT2D eigenvalue weighted by molar-refractivity contribution is 9.14. The van der Waals surface area contributed by atoms with Crippen LogP contribution in [0.3, 0.4) is 0 Å². The van der Waals surface area contributed by atoms with Gasteiger partial charge in [0, 0.05) is 12.1 Å². The first-order valence-electron chi connectivity index (χ1n) is 9.42. The zero-order chi connectivity index (χ0) is 18.0. The van der Waals surface area contributed by atoms with E-state index in [0.717, 1.165) is 39.4 Å². The number of hydrogen-bond donors (Lipinski definition) is 0. The van der Waals surface area contributed by atoms with E-state index in [-0.39, 0.29) is 11.9 Å². The van der Waals surface area contributed by atoms with Crippen molar-refractivity contribution in [1.29, 1.82) is 0 Å². The van der Waals surface area contributed by atoms with E-state index in [9.17, 15) is 4.79 Å². The molecule has 0 aromatic carbocycles.